The van der Waals surface area contributed by atoms with Gasteiger partial charge in [-0.25, -0.2) is 0 Å². The second-order valence-corrected chi connectivity index (χ2v) is 4.72. The Labute approximate surface area is 90.2 Å². The van der Waals surface area contributed by atoms with Crippen LogP contribution in [-0.4, -0.2) is 10.1 Å². The Balaban J connectivity index is 2.06. The van der Waals surface area contributed by atoms with E-state index in [1.165, 1.54) is 6.42 Å². The average molecular weight is 209 g/mol. The molecule has 0 amide bonds. The van der Waals surface area contributed by atoms with Crippen molar-refractivity contribution < 1.29 is 4.52 Å². The van der Waals surface area contributed by atoms with Crippen molar-refractivity contribution in [2.45, 2.75) is 45.6 Å². The zero-order valence-corrected chi connectivity index (χ0v) is 9.60. The van der Waals surface area contributed by atoms with Crippen LogP contribution < -0.4 is 5.73 Å². The highest BCUT2D eigenvalue weighted by Crippen LogP contribution is 2.45. The first-order valence-corrected chi connectivity index (χ1v) is 5.72. The predicted octanol–water partition coefficient (Wildman–Crippen LogP) is 2.24. The number of aromatic nitrogens is 2. The van der Waals surface area contributed by atoms with Crippen molar-refractivity contribution in [2.75, 3.05) is 0 Å². The number of rotatable bonds is 4. The van der Waals surface area contributed by atoms with Crippen LogP contribution in [0.2, 0.25) is 0 Å². The third-order valence-electron chi connectivity index (χ3n) is 3.44. The van der Waals surface area contributed by atoms with Gasteiger partial charge in [-0.15, -0.1) is 0 Å². The van der Waals surface area contributed by atoms with Crippen molar-refractivity contribution in [3.63, 3.8) is 0 Å². The van der Waals surface area contributed by atoms with Gasteiger partial charge in [-0.3, -0.25) is 0 Å². The van der Waals surface area contributed by atoms with Gasteiger partial charge in [0.2, 0.25) is 5.89 Å². The van der Waals surface area contributed by atoms with Crippen molar-refractivity contribution in [1.82, 2.24) is 10.1 Å². The normalized spacial score (nSPS) is 28.8. The highest BCUT2D eigenvalue weighted by Gasteiger charge is 2.38. The molecule has 2 N–H and O–H groups in total. The molecule has 2 rings (SSSR count). The van der Waals surface area contributed by atoms with E-state index in [2.05, 4.69) is 30.9 Å². The van der Waals surface area contributed by atoms with Gasteiger partial charge in [0.25, 0.3) is 0 Å². The molecule has 0 bridgehead atoms. The molecule has 0 radical (unpaired) electrons. The van der Waals surface area contributed by atoms with Crippen LogP contribution in [0.1, 0.15) is 57.3 Å². The molecule has 1 aromatic rings. The molecular formula is C11H19N3O. The molecule has 1 aliphatic carbocycles. The molecule has 0 spiro atoms. The highest BCUT2D eigenvalue weighted by molar-refractivity contribution is 5.08. The largest absolute Gasteiger partial charge is 0.338 e. The summed E-state index contributed by atoms with van der Waals surface area (Å²) in [6.07, 6.45) is 2.20. The molecule has 1 aromatic heterocycles. The summed E-state index contributed by atoms with van der Waals surface area (Å²) in [5.41, 5.74) is 6.02. The van der Waals surface area contributed by atoms with E-state index in [1.54, 1.807) is 0 Å². The summed E-state index contributed by atoms with van der Waals surface area (Å²) in [7, 11) is 0. The van der Waals surface area contributed by atoms with Gasteiger partial charge in [0, 0.05) is 5.92 Å². The first-order chi connectivity index (χ1) is 7.13. The summed E-state index contributed by atoms with van der Waals surface area (Å²) in [4.78, 5) is 4.39. The molecule has 1 aliphatic rings. The molecule has 4 heteroatoms. The number of nitrogens with zero attached hydrogens (tertiary/aromatic N) is 2. The molecule has 1 heterocycles. The Morgan fingerprint density at radius 2 is 2.27 bits per heavy atom. The summed E-state index contributed by atoms with van der Waals surface area (Å²) < 4.78 is 5.21. The number of hydrogen-bond acceptors (Lipinski definition) is 4. The van der Waals surface area contributed by atoms with Crippen molar-refractivity contribution in [3.05, 3.63) is 11.7 Å². The summed E-state index contributed by atoms with van der Waals surface area (Å²) >= 11 is 0. The SMILES string of the molecule is CCC(C)[C@H](N)c1nc(C2CC2C)no1. The van der Waals surface area contributed by atoms with Crippen LogP contribution in [0.3, 0.4) is 0 Å². The van der Waals surface area contributed by atoms with Gasteiger partial charge in [-0.1, -0.05) is 32.3 Å². The van der Waals surface area contributed by atoms with Crippen LogP contribution in [0.25, 0.3) is 0 Å². The lowest BCUT2D eigenvalue weighted by Crippen LogP contribution is -2.18. The average Bonchev–Trinajstić information content (AvgIpc) is 2.80. The first-order valence-electron chi connectivity index (χ1n) is 5.72. The fraction of sp³-hybridized carbons (Fsp3) is 0.818. The van der Waals surface area contributed by atoms with E-state index in [0.717, 1.165) is 12.2 Å². The van der Waals surface area contributed by atoms with Gasteiger partial charge < -0.3 is 10.3 Å². The Kier molecular flexibility index (Phi) is 2.78. The summed E-state index contributed by atoms with van der Waals surface area (Å²) in [5.74, 6) is 3.03. The van der Waals surface area contributed by atoms with Gasteiger partial charge >= 0.3 is 0 Å². The van der Waals surface area contributed by atoms with E-state index >= 15 is 0 Å². The fourth-order valence-corrected chi connectivity index (χ4v) is 1.71. The van der Waals surface area contributed by atoms with Crippen molar-refractivity contribution in [3.8, 4) is 0 Å². The summed E-state index contributed by atoms with van der Waals surface area (Å²) in [6, 6.07) is -0.120. The van der Waals surface area contributed by atoms with Gasteiger partial charge in [-0.2, -0.15) is 4.98 Å². The van der Waals surface area contributed by atoms with Crippen LogP contribution >= 0.6 is 0 Å². The molecule has 4 atom stereocenters. The van der Waals surface area contributed by atoms with Crippen LogP contribution in [0.4, 0.5) is 0 Å². The Morgan fingerprint density at radius 1 is 1.60 bits per heavy atom. The third kappa shape index (κ3) is 2.04. The standard InChI is InChI=1S/C11H19N3O/c1-4-6(2)9(12)11-13-10(14-15-11)8-5-7(8)3/h6-9H,4-5,12H2,1-3H3/t6?,7?,8?,9-/m0/s1. The van der Waals surface area contributed by atoms with Crippen LogP contribution in [0.5, 0.6) is 0 Å². The molecule has 15 heavy (non-hydrogen) atoms. The van der Waals surface area contributed by atoms with Gasteiger partial charge in [0.1, 0.15) is 0 Å². The van der Waals surface area contributed by atoms with Crippen molar-refractivity contribution >= 4 is 0 Å². The summed E-state index contributed by atoms with van der Waals surface area (Å²) in [6.45, 7) is 6.42. The van der Waals surface area contributed by atoms with Crippen molar-refractivity contribution in [1.29, 1.82) is 0 Å². The molecule has 0 aliphatic heterocycles. The van der Waals surface area contributed by atoms with Crippen molar-refractivity contribution in [2.24, 2.45) is 17.6 Å². The van der Waals surface area contributed by atoms with Crippen LogP contribution in [-0.2, 0) is 0 Å². The maximum atomic E-state index is 6.02. The Morgan fingerprint density at radius 3 is 2.80 bits per heavy atom. The van der Waals surface area contributed by atoms with Gasteiger partial charge in [-0.05, 0) is 18.3 Å². The molecule has 4 nitrogen and oxygen atoms in total. The second kappa shape index (κ2) is 3.93. The van der Waals surface area contributed by atoms with E-state index in [1.807, 2.05) is 0 Å². The predicted molar refractivity (Wildman–Crippen MR) is 57.2 cm³/mol. The quantitative estimate of drug-likeness (QED) is 0.825. The van der Waals surface area contributed by atoms with Crippen LogP contribution in [0, 0.1) is 11.8 Å². The highest BCUT2D eigenvalue weighted by atomic mass is 16.5. The molecule has 1 fully saturated rings. The van der Waals surface area contributed by atoms with E-state index in [9.17, 15) is 0 Å². The lowest BCUT2D eigenvalue weighted by molar-refractivity contribution is 0.310. The number of nitrogens with two attached hydrogens (primary N) is 1. The van der Waals surface area contributed by atoms with E-state index in [0.29, 0.717) is 23.6 Å². The minimum atomic E-state index is -0.120. The molecule has 0 aromatic carbocycles. The maximum Gasteiger partial charge on any atom is 0.243 e. The second-order valence-electron chi connectivity index (χ2n) is 4.72. The lowest BCUT2D eigenvalue weighted by Gasteiger charge is -2.12. The lowest BCUT2D eigenvalue weighted by atomic mass is 10.0. The monoisotopic (exact) mass is 209 g/mol. The topological polar surface area (TPSA) is 64.9 Å². The van der Waals surface area contributed by atoms with Crippen LogP contribution in [0.15, 0.2) is 4.52 Å². The van der Waals surface area contributed by atoms with Gasteiger partial charge in [0.15, 0.2) is 5.82 Å². The molecule has 3 unspecified atom stereocenters. The molecule has 1 saturated carbocycles. The molecule has 0 saturated heterocycles. The molecule has 84 valence electrons. The smallest absolute Gasteiger partial charge is 0.243 e. The molecular weight excluding hydrogens is 190 g/mol. The minimum absolute atomic E-state index is 0.120. The number of hydrogen-bond donors (Lipinski definition) is 1. The third-order valence-corrected chi connectivity index (χ3v) is 3.44. The Hall–Kier alpha value is -0.900. The first kappa shape index (κ1) is 10.6. The zero-order chi connectivity index (χ0) is 11.0. The van der Waals surface area contributed by atoms with Gasteiger partial charge in [0.05, 0.1) is 6.04 Å². The fourth-order valence-electron chi connectivity index (χ4n) is 1.71. The zero-order valence-electron chi connectivity index (χ0n) is 9.60. The Bertz CT molecular complexity index is 336. The minimum Gasteiger partial charge on any atom is -0.338 e. The van der Waals surface area contributed by atoms with E-state index < -0.39 is 0 Å². The maximum absolute atomic E-state index is 6.02. The summed E-state index contributed by atoms with van der Waals surface area (Å²) in [5, 5.41) is 4.00. The van der Waals surface area contributed by atoms with E-state index in [4.69, 9.17) is 10.3 Å². The van der Waals surface area contributed by atoms with E-state index in [-0.39, 0.29) is 6.04 Å².